The third kappa shape index (κ3) is 4.73. The lowest BCUT2D eigenvalue weighted by atomic mass is 9.95. The molecule has 0 unspecified atom stereocenters. The Morgan fingerprint density at radius 3 is 2.50 bits per heavy atom. The summed E-state index contributed by atoms with van der Waals surface area (Å²) < 4.78 is 0. The van der Waals surface area contributed by atoms with Crippen LogP contribution in [0.15, 0.2) is 66.7 Å². The lowest BCUT2D eigenvalue weighted by Gasteiger charge is -2.31. The molecule has 4 rings (SSSR count). The van der Waals surface area contributed by atoms with Crippen molar-refractivity contribution in [1.29, 1.82) is 0 Å². The van der Waals surface area contributed by atoms with E-state index < -0.39 is 0 Å². The smallest absolute Gasteiger partial charge is 0.223 e. The van der Waals surface area contributed by atoms with Gasteiger partial charge < -0.3 is 5.32 Å². The number of carbonyl (C=O) groups is 1. The summed E-state index contributed by atoms with van der Waals surface area (Å²) in [5, 5.41) is 6.35. The topological polar surface area (TPSA) is 32.3 Å². The van der Waals surface area contributed by atoms with Gasteiger partial charge >= 0.3 is 0 Å². The minimum atomic E-state index is 0.107. The molecule has 0 aliphatic carbocycles. The van der Waals surface area contributed by atoms with Gasteiger partial charge in [0.15, 0.2) is 0 Å². The van der Waals surface area contributed by atoms with Gasteiger partial charge in [-0.25, -0.2) is 0 Å². The van der Waals surface area contributed by atoms with Crippen LogP contribution in [0.3, 0.4) is 0 Å². The third-order valence-corrected chi connectivity index (χ3v) is 5.77. The Balaban J connectivity index is 1.26. The van der Waals surface area contributed by atoms with Crippen molar-refractivity contribution >= 4 is 28.3 Å². The van der Waals surface area contributed by atoms with E-state index in [1.54, 1.807) is 0 Å². The lowest BCUT2D eigenvalue weighted by molar-refractivity contribution is -0.126. The van der Waals surface area contributed by atoms with Crippen LogP contribution in [-0.4, -0.2) is 23.9 Å². The Kier molecular flexibility index (Phi) is 5.94. The third-order valence-electron chi connectivity index (χ3n) is 5.53. The molecule has 1 fully saturated rings. The normalized spacial score (nSPS) is 15.6. The summed E-state index contributed by atoms with van der Waals surface area (Å²) in [6.45, 7) is 3.37. The number of likely N-dealkylation sites (tertiary alicyclic amines) is 1. The monoisotopic (exact) mass is 392 g/mol. The van der Waals surface area contributed by atoms with E-state index in [2.05, 4.69) is 46.6 Å². The molecule has 1 aliphatic heterocycles. The highest BCUT2D eigenvalue weighted by Crippen LogP contribution is 2.21. The molecular formula is C24H25ClN2O. The molecule has 1 N–H and O–H groups in total. The highest BCUT2D eigenvalue weighted by atomic mass is 35.5. The van der Waals surface area contributed by atoms with Crippen molar-refractivity contribution in [2.45, 2.75) is 25.9 Å². The van der Waals surface area contributed by atoms with E-state index in [0.29, 0.717) is 6.54 Å². The lowest BCUT2D eigenvalue weighted by Crippen LogP contribution is -2.40. The van der Waals surface area contributed by atoms with Gasteiger partial charge in [0.2, 0.25) is 5.91 Å². The fraction of sp³-hybridized carbons (Fsp3) is 0.292. The molecule has 1 aliphatic rings. The van der Waals surface area contributed by atoms with Crippen LogP contribution < -0.4 is 5.32 Å². The first-order valence-corrected chi connectivity index (χ1v) is 10.3. The Morgan fingerprint density at radius 2 is 1.71 bits per heavy atom. The molecule has 0 aromatic heterocycles. The second-order valence-electron chi connectivity index (χ2n) is 7.58. The van der Waals surface area contributed by atoms with Gasteiger partial charge in [0.25, 0.3) is 0 Å². The Bertz CT molecular complexity index is 963. The number of nitrogens with zero attached hydrogens (tertiary/aromatic N) is 1. The first-order valence-electron chi connectivity index (χ1n) is 9.89. The maximum Gasteiger partial charge on any atom is 0.223 e. The van der Waals surface area contributed by atoms with Gasteiger partial charge in [-0.15, -0.1) is 0 Å². The molecule has 0 saturated carbocycles. The van der Waals surface area contributed by atoms with Crippen LogP contribution in [0.2, 0.25) is 5.02 Å². The summed E-state index contributed by atoms with van der Waals surface area (Å²) >= 11 is 6.07. The summed E-state index contributed by atoms with van der Waals surface area (Å²) in [4.78, 5) is 15.0. The summed E-state index contributed by atoms with van der Waals surface area (Å²) in [7, 11) is 0. The molecule has 4 heteroatoms. The van der Waals surface area contributed by atoms with Crippen LogP contribution in [0.1, 0.15) is 24.0 Å². The highest BCUT2D eigenvalue weighted by molar-refractivity contribution is 6.30. The van der Waals surface area contributed by atoms with Crippen LogP contribution in [0.25, 0.3) is 10.8 Å². The quantitative estimate of drug-likeness (QED) is 0.661. The zero-order valence-electron chi connectivity index (χ0n) is 15.9. The molecule has 28 heavy (non-hydrogen) atoms. The van der Waals surface area contributed by atoms with Crippen molar-refractivity contribution < 1.29 is 4.79 Å². The average Bonchev–Trinajstić information content (AvgIpc) is 2.72. The van der Waals surface area contributed by atoms with Crippen molar-refractivity contribution in [2.24, 2.45) is 5.92 Å². The van der Waals surface area contributed by atoms with Crippen LogP contribution in [0.5, 0.6) is 0 Å². The number of nitrogens with one attached hydrogen (secondary N) is 1. The second kappa shape index (κ2) is 8.76. The molecule has 0 radical (unpaired) electrons. The summed E-state index contributed by atoms with van der Waals surface area (Å²) in [5.41, 5.74) is 2.37. The van der Waals surface area contributed by atoms with Gasteiger partial charge in [0.05, 0.1) is 0 Å². The molecule has 3 nitrogen and oxygen atoms in total. The van der Waals surface area contributed by atoms with Crippen LogP contribution in [0.4, 0.5) is 0 Å². The van der Waals surface area contributed by atoms with Crippen LogP contribution in [-0.2, 0) is 17.9 Å². The van der Waals surface area contributed by atoms with E-state index in [9.17, 15) is 4.79 Å². The second-order valence-corrected chi connectivity index (χ2v) is 8.02. The number of halogens is 1. The summed E-state index contributed by atoms with van der Waals surface area (Å²) in [5.74, 6) is 0.284. The molecule has 1 amide bonds. The molecule has 144 valence electrons. The molecule has 1 saturated heterocycles. The number of amides is 1. The van der Waals surface area contributed by atoms with Crippen molar-refractivity contribution in [3.05, 3.63) is 82.9 Å². The maximum absolute atomic E-state index is 12.6. The van der Waals surface area contributed by atoms with E-state index >= 15 is 0 Å². The number of hydrogen-bond acceptors (Lipinski definition) is 2. The molecule has 0 atom stereocenters. The van der Waals surface area contributed by atoms with E-state index in [-0.39, 0.29) is 11.8 Å². The Labute approximate surface area is 171 Å². The minimum absolute atomic E-state index is 0.107. The van der Waals surface area contributed by atoms with E-state index in [4.69, 9.17) is 11.6 Å². The van der Waals surface area contributed by atoms with Gasteiger partial charge in [-0.3, -0.25) is 9.69 Å². The summed E-state index contributed by atoms with van der Waals surface area (Å²) in [6.07, 6.45) is 1.81. The number of fused-ring (bicyclic) bond motifs is 1. The van der Waals surface area contributed by atoms with E-state index in [1.807, 2.05) is 30.3 Å². The van der Waals surface area contributed by atoms with Crippen LogP contribution >= 0.6 is 11.6 Å². The molecular weight excluding hydrogens is 368 g/mol. The van der Waals surface area contributed by atoms with Crippen molar-refractivity contribution in [3.8, 4) is 0 Å². The zero-order valence-corrected chi connectivity index (χ0v) is 16.7. The van der Waals surface area contributed by atoms with Crippen molar-refractivity contribution in [3.63, 3.8) is 0 Å². The highest BCUT2D eigenvalue weighted by Gasteiger charge is 2.24. The summed E-state index contributed by atoms with van der Waals surface area (Å²) in [6, 6.07) is 22.7. The fourth-order valence-electron chi connectivity index (χ4n) is 3.93. The van der Waals surface area contributed by atoms with Crippen LogP contribution in [0, 0.1) is 5.92 Å². The average molecular weight is 393 g/mol. The van der Waals surface area contributed by atoms with Gasteiger partial charge in [-0.1, -0.05) is 60.1 Å². The molecule has 1 heterocycles. The Morgan fingerprint density at radius 1 is 0.929 bits per heavy atom. The minimum Gasteiger partial charge on any atom is -0.352 e. The first kappa shape index (κ1) is 19.0. The largest absolute Gasteiger partial charge is 0.352 e. The van der Waals surface area contributed by atoms with Gasteiger partial charge in [0, 0.05) is 24.0 Å². The number of benzene rings is 3. The van der Waals surface area contributed by atoms with E-state index in [0.717, 1.165) is 43.1 Å². The van der Waals surface area contributed by atoms with E-state index in [1.165, 1.54) is 16.3 Å². The molecule has 0 spiro atoms. The first-order chi connectivity index (χ1) is 13.7. The van der Waals surface area contributed by atoms with Gasteiger partial charge in [-0.2, -0.15) is 0 Å². The SMILES string of the molecule is O=C(NCc1ccc2ccccc2c1)C1CCN(Cc2cccc(Cl)c2)CC1. The standard InChI is InChI=1S/C24H25ClN2O/c25-23-7-3-4-19(15-23)17-27-12-10-21(11-13-27)24(28)26-16-18-8-9-20-5-1-2-6-22(20)14-18/h1-9,14-15,21H,10-13,16-17H2,(H,26,28). The van der Waals surface area contributed by atoms with Gasteiger partial charge in [0.1, 0.15) is 0 Å². The number of piperidine rings is 1. The Hall–Kier alpha value is -2.36. The number of hydrogen-bond donors (Lipinski definition) is 1. The number of carbonyl (C=O) groups excluding carboxylic acids is 1. The fourth-order valence-corrected chi connectivity index (χ4v) is 4.14. The maximum atomic E-state index is 12.6. The number of rotatable bonds is 5. The molecule has 3 aromatic carbocycles. The van der Waals surface area contributed by atoms with Crippen molar-refractivity contribution in [1.82, 2.24) is 10.2 Å². The van der Waals surface area contributed by atoms with Gasteiger partial charge in [-0.05, 0) is 66.0 Å². The molecule has 3 aromatic rings. The molecule has 0 bridgehead atoms. The van der Waals surface area contributed by atoms with Crippen molar-refractivity contribution in [2.75, 3.05) is 13.1 Å². The predicted molar refractivity (Wildman–Crippen MR) is 115 cm³/mol. The zero-order chi connectivity index (χ0) is 19.3. The predicted octanol–water partition coefficient (Wildman–Crippen LogP) is 5.02.